The molecule has 0 aliphatic carbocycles. The summed E-state index contributed by atoms with van der Waals surface area (Å²) in [6.07, 6.45) is 6.72. The summed E-state index contributed by atoms with van der Waals surface area (Å²) in [6.45, 7) is 3.30. The van der Waals surface area contributed by atoms with E-state index in [1.54, 1.807) is 6.07 Å². The van der Waals surface area contributed by atoms with Crippen molar-refractivity contribution in [3.63, 3.8) is 0 Å². The van der Waals surface area contributed by atoms with E-state index in [1.165, 1.54) is 18.5 Å². The van der Waals surface area contributed by atoms with Crippen molar-refractivity contribution in [2.24, 2.45) is 13.0 Å². The lowest BCUT2D eigenvalue weighted by Gasteiger charge is -2.32. The number of carboxylic acids is 1. The fraction of sp³-hybridized carbons (Fsp3) is 0.381. The van der Waals surface area contributed by atoms with E-state index in [4.69, 9.17) is 5.11 Å². The maximum atomic E-state index is 14.0. The number of rotatable bonds is 6. The van der Waals surface area contributed by atoms with Gasteiger partial charge in [0.2, 0.25) is 5.95 Å². The molecule has 0 radical (unpaired) electrons. The van der Waals surface area contributed by atoms with E-state index < -0.39 is 5.97 Å². The molecule has 29 heavy (non-hydrogen) atoms. The van der Waals surface area contributed by atoms with E-state index >= 15 is 0 Å². The molecule has 2 N–H and O–H groups in total. The second kappa shape index (κ2) is 8.16. The van der Waals surface area contributed by atoms with Gasteiger partial charge in [0.25, 0.3) is 0 Å². The first kappa shape index (κ1) is 19.3. The molecule has 1 saturated heterocycles. The summed E-state index contributed by atoms with van der Waals surface area (Å²) in [4.78, 5) is 21.3. The highest BCUT2D eigenvalue weighted by atomic mass is 19.1. The summed E-state index contributed by atoms with van der Waals surface area (Å²) in [5.74, 6) is -0.0760. The number of hydrogen-bond donors (Lipinski definition) is 2. The van der Waals surface area contributed by atoms with E-state index in [9.17, 15) is 9.18 Å². The number of aromatic carboxylic acids is 1. The largest absolute Gasteiger partial charge is 0.478 e. The average Bonchev–Trinajstić information content (AvgIpc) is 3.05. The average molecular weight is 397 g/mol. The van der Waals surface area contributed by atoms with Crippen molar-refractivity contribution in [1.82, 2.24) is 19.9 Å². The first-order valence-corrected chi connectivity index (χ1v) is 9.76. The molecule has 3 aromatic rings. The number of hydrogen-bond acceptors (Lipinski definition) is 5. The van der Waals surface area contributed by atoms with Crippen LogP contribution in [0.1, 0.15) is 28.8 Å². The molecule has 3 heterocycles. The molecule has 0 atom stereocenters. The lowest BCUT2D eigenvalue weighted by molar-refractivity contribution is 0.0696. The summed E-state index contributed by atoms with van der Waals surface area (Å²) in [7, 11) is 1.87. The quantitative estimate of drug-likeness (QED) is 0.666. The highest BCUT2D eigenvalue weighted by Crippen LogP contribution is 2.24. The maximum absolute atomic E-state index is 14.0. The Balaban J connectivity index is 1.28. The second-order valence-corrected chi connectivity index (χ2v) is 7.54. The van der Waals surface area contributed by atoms with Crippen LogP contribution in [-0.2, 0) is 13.6 Å². The number of para-hydroxylation sites is 1. The van der Waals surface area contributed by atoms with Crippen molar-refractivity contribution in [3.05, 3.63) is 53.7 Å². The smallest absolute Gasteiger partial charge is 0.338 e. The van der Waals surface area contributed by atoms with E-state index in [-0.39, 0.29) is 11.4 Å². The third-order valence-electron chi connectivity index (χ3n) is 5.57. The topological polar surface area (TPSA) is 83.3 Å². The summed E-state index contributed by atoms with van der Waals surface area (Å²) < 4.78 is 15.9. The Morgan fingerprint density at radius 1 is 1.28 bits per heavy atom. The zero-order chi connectivity index (χ0) is 20.4. The monoisotopic (exact) mass is 397 g/mol. The van der Waals surface area contributed by atoms with Crippen molar-refractivity contribution in [1.29, 1.82) is 0 Å². The standard InChI is InChI=1S/C21H24FN5O2/c1-26-13-16(17-3-2-4-18(22)19(17)26)10-23-9-14-5-7-27(8-6-14)21-24-11-15(12-25-21)20(28)29/h2-4,11-14,23H,5-10H2,1H3,(H,28,29). The van der Waals surface area contributed by atoms with Gasteiger partial charge in [0.15, 0.2) is 0 Å². The Morgan fingerprint density at radius 3 is 2.69 bits per heavy atom. The van der Waals surface area contributed by atoms with Gasteiger partial charge in [-0.3, -0.25) is 0 Å². The number of benzene rings is 1. The number of aryl methyl sites for hydroxylation is 1. The van der Waals surface area contributed by atoms with Crippen molar-refractivity contribution >= 4 is 22.8 Å². The van der Waals surface area contributed by atoms with Crippen LogP contribution in [0.25, 0.3) is 10.9 Å². The van der Waals surface area contributed by atoms with Gasteiger partial charge in [-0.25, -0.2) is 19.2 Å². The van der Waals surface area contributed by atoms with Crippen molar-refractivity contribution in [3.8, 4) is 0 Å². The van der Waals surface area contributed by atoms with Crippen LogP contribution in [0.5, 0.6) is 0 Å². The fourth-order valence-electron chi connectivity index (χ4n) is 3.98. The number of carbonyl (C=O) groups is 1. The molecule has 1 aliphatic heterocycles. The zero-order valence-electron chi connectivity index (χ0n) is 16.3. The summed E-state index contributed by atoms with van der Waals surface area (Å²) in [5, 5.41) is 13.4. The Kier molecular flexibility index (Phi) is 5.44. The third kappa shape index (κ3) is 4.07. The van der Waals surface area contributed by atoms with Crippen LogP contribution in [0.15, 0.2) is 36.8 Å². The minimum atomic E-state index is -1.02. The molecule has 0 saturated carbocycles. The predicted octanol–water partition coefficient (Wildman–Crippen LogP) is 2.81. The van der Waals surface area contributed by atoms with Crippen LogP contribution < -0.4 is 10.2 Å². The molecule has 0 bridgehead atoms. The molecular formula is C21H24FN5O2. The van der Waals surface area contributed by atoms with Crippen molar-refractivity contribution in [2.45, 2.75) is 19.4 Å². The van der Waals surface area contributed by atoms with Gasteiger partial charge in [-0.15, -0.1) is 0 Å². The lowest BCUT2D eigenvalue weighted by atomic mass is 9.97. The van der Waals surface area contributed by atoms with Gasteiger partial charge in [-0.2, -0.15) is 0 Å². The predicted molar refractivity (Wildman–Crippen MR) is 109 cm³/mol. The summed E-state index contributed by atoms with van der Waals surface area (Å²) >= 11 is 0. The van der Waals surface area contributed by atoms with Crippen molar-refractivity contribution < 1.29 is 14.3 Å². The Hall–Kier alpha value is -3.00. The molecular weight excluding hydrogens is 373 g/mol. The lowest BCUT2D eigenvalue weighted by Crippen LogP contribution is -2.38. The SMILES string of the molecule is Cn1cc(CNCC2CCN(c3ncc(C(=O)O)cn3)CC2)c2cccc(F)c21. The molecule has 0 amide bonds. The van der Waals surface area contributed by atoms with Gasteiger partial charge in [0.05, 0.1) is 11.1 Å². The summed E-state index contributed by atoms with van der Waals surface area (Å²) in [6, 6.07) is 5.21. The number of carboxylic acid groups (broad SMARTS) is 1. The van der Waals surface area contributed by atoms with Crippen LogP contribution in [0.4, 0.5) is 10.3 Å². The van der Waals surface area contributed by atoms with Gasteiger partial charge in [0.1, 0.15) is 5.82 Å². The highest BCUT2D eigenvalue weighted by molar-refractivity contribution is 5.86. The molecule has 8 heteroatoms. The van der Waals surface area contributed by atoms with E-state index in [2.05, 4.69) is 20.2 Å². The number of piperidine rings is 1. The van der Waals surface area contributed by atoms with Crippen LogP contribution in [0.2, 0.25) is 0 Å². The third-order valence-corrected chi connectivity index (χ3v) is 5.57. The number of fused-ring (bicyclic) bond motifs is 1. The van der Waals surface area contributed by atoms with E-state index in [0.717, 1.165) is 43.4 Å². The Labute approximate surface area is 168 Å². The minimum absolute atomic E-state index is 0.0983. The zero-order valence-corrected chi connectivity index (χ0v) is 16.3. The van der Waals surface area contributed by atoms with Gasteiger partial charge in [-0.1, -0.05) is 12.1 Å². The van der Waals surface area contributed by atoms with Crippen LogP contribution >= 0.6 is 0 Å². The van der Waals surface area contributed by atoms with E-state index in [1.807, 2.05) is 23.9 Å². The molecule has 4 rings (SSSR count). The highest BCUT2D eigenvalue weighted by Gasteiger charge is 2.21. The maximum Gasteiger partial charge on any atom is 0.338 e. The number of halogens is 1. The van der Waals surface area contributed by atoms with Crippen LogP contribution in [0.3, 0.4) is 0 Å². The van der Waals surface area contributed by atoms with Gasteiger partial charge in [0, 0.05) is 50.7 Å². The first-order valence-electron chi connectivity index (χ1n) is 9.76. The molecule has 0 spiro atoms. The molecule has 0 unspecified atom stereocenters. The number of nitrogens with one attached hydrogen (secondary N) is 1. The first-order chi connectivity index (χ1) is 14.0. The Bertz CT molecular complexity index is 1010. The van der Waals surface area contributed by atoms with Gasteiger partial charge >= 0.3 is 5.97 Å². The molecule has 1 aliphatic rings. The number of anilines is 1. The minimum Gasteiger partial charge on any atom is -0.478 e. The van der Waals surface area contributed by atoms with Gasteiger partial charge in [-0.05, 0) is 36.9 Å². The van der Waals surface area contributed by atoms with Gasteiger partial charge < -0.3 is 19.9 Å². The molecule has 1 fully saturated rings. The molecule has 7 nitrogen and oxygen atoms in total. The normalized spacial score (nSPS) is 15.2. The summed E-state index contributed by atoms with van der Waals surface area (Å²) in [5.41, 5.74) is 1.85. The number of nitrogens with zero attached hydrogens (tertiary/aromatic N) is 4. The van der Waals surface area contributed by atoms with Crippen molar-refractivity contribution in [2.75, 3.05) is 24.5 Å². The molecule has 1 aromatic carbocycles. The molecule has 152 valence electrons. The molecule has 2 aromatic heterocycles. The number of aromatic nitrogens is 3. The fourth-order valence-corrected chi connectivity index (χ4v) is 3.98. The van der Waals surface area contributed by atoms with Crippen LogP contribution in [0, 0.1) is 11.7 Å². The second-order valence-electron chi connectivity index (χ2n) is 7.54. The Morgan fingerprint density at radius 2 is 2.00 bits per heavy atom. The van der Waals surface area contributed by atoms with E-state index in [0.29, 0.717) is 23.9 Å². The van der Waals surface area contributed by atoms with Crippen LogP contribution in [-0.4, -0.2) is 45.2 Å².